The monoisotopic (exact) mass is 304 g/mol. The van der Waals surface area contributed by atoms with Crippen LogP contribution in [0.5, 0.6) is 0 Å². The Morgan fingerprint density at radius 2 is 1.46 bits per heavy atom. The highest BCUT2D eigenvalue weighted by Crippen LogP contribution is 2.26. The summed E-state index contributed by atoms with van der Waals surface area (Å²) >= 11 is 6.99. The lowest BCUT2D eigenvalue weighted by molar-refractivity contribution is 0.134. The van der Waals surface area contributed by atoms with E-state index in [0.29, 0.717) is 0 Å². The van der Waals surface area contributed by atoms with Crippen molar-refractivity contribution in [2.75, 3.05) is 0 Å². The quantitative estimate of drug-likeness (QED) is 0.760. The highest BCUT2D eigenvalue weighted by molar-refractivity contribution is 9.09. The van der Waals surface area contributed by atoms with Crippen molar-refractivity contribution >= 4 is 31.9 Å². The zero-order chi connectivity index (χ0) is 9.26. The van der Waals surface area contributed by atoms with Gasteiger partial charge in [-0.15, -0.1) is 0 Å². The van der Waals surface area contributed by atoms with Crippen LogP contribution in [-0.4, -0.2) is 0 Å². The van der Waals surface area contributed by atoms with Gasteiger partial charge in [-0.3, -0.25) is 0 Å². The van der Waals surface area contributed by atoms with Crippen LogP contribution < -0.4 is 0 Å². The molecule has 70 valence electrons. The van der Waals surface area contributed by atoms with Gasteiger partial charge in [-0.2, -0.15) is 0 Å². The molecular weight excluding hydrogens is 296 g/mol. The van der Waals surface area contributed by atoms with Gasteiger partial charge in [0.2, 0.25) is 0 Å². The number of rotatable bonds is 2. The summed E-state index contributed by atoms with van der Waals surface area (Å²) in [5.41, 5.74) is 5.42. The van der Waals surface area contributed by atoms with Gasteiger partial charge < -0.3 is 4.74 Å². The molecule has 1 aromatic carbocycles. The Morgan fingerprint density at radius 1 is 1.00 bits per heavy atom. The summed E-state index contributed by atoms with van der Waals surface area (Å²) in [4.78, 5) is 0. The molecule has 0 radical (unpaired) electrons. The van der Waals surface area contributed by atoms with E-state index in [-0.39, 0.29) is 0 Å². The van der Waals surface area contributed by atoms with Crippen molar-refractivity contribution in [3.8, 4) is 0 Å². The third-order valence-corrected chi connectivity index (χ3v) is 3.53. The van der Waals surface area contributed by atoms with Crippen LogP contribution in [0, 0.1) is 0 Å². The maximum Gasteiger partial charge on any atom is 0.0725 e. The third-order valence-electron chi connectivity index (χ3n) is 2.32. The number of benzene rings is 1. The minimum Gasteiger partial charge on any atom is -0.372 e. The minimum absolute atomic E-state index is 0.776. The van der Waals surface area contributed by atoms with Gasteiger partial charge in [0.15, 0.2) is 0 Å². The Labute approximate surface area is 94.7 Å². The third kappa shape index (κ3) is 1.83. The van der Waals surface area contributed by atoms with Gasteiger partial charge in [-0.25, -0.2) is 0 Å². The highest BCUT2D eigenvalue weighted by Gasteiger charge is 2.13. The Hall–Kier alpha value is 0.140. The van der Waals surface area contributed by atoms with Gasteiger partial charge in [-0.1, -0.05) is 44.0 Å². The first kappa shape index (κ1) is 9.69. The summed E-state index contributed by atoms with van der Waals surface area (Å²) in [5, 5.41) is 1.84. The van der Waals surface area contributed by atoms with Crippen molar-refractivity contribution in [3.05, 3.63) is 34.4 Å². The smallest absolute Gasteiger partial charge is 0.0725 e. The van der Waals surface area contributed by atoms with Gasteiger partial charge in [0.1, 0.15) is 0 Å². The Kier molecular flexibility index (Phi) is 3.06. The molecule has 1 heterocycles. The molecule has 0 saturated carbocycles. The SMILES string of the molecule is BrCc1cc2c(cc1CBr)COC2. The van der Waals surface area contributed by atoms with Crippen LogP contribution in [0.1, 0.15) is 22.3 Å². The van der Waals surface area contributed by atoms with Crippen molar-refractivity contribution in [2.45, 2.75) is 23.9 Å². The summed E-state index contributed by atoms with van der Waals surface area (Å²) < 4.78 is 5.38. The van der Waals surface area contributed by atoms with Gasteiger partial charge in [-0.05, 0) is 22.3 Å². The lowest BCUT2D eigenvalue weighted by atomic mass is 10.0. The maximum absolute atomic E-state index is 5.38. The number of fused-ring (bicyclic) bond motifs is 1. The first-order valence-electron chi connectivity index (χ1n) is 4.18. The van der Waals surface area contributed by atoms with Crippen LogP contribution >= 0.6 is 31.9 Å². The van der Waals surface area contributed by atoms with Crippen LogP contribution in [0.25, 0.3) is 0 Å². The van der Waals surface area contributed by atoms with Crippen LogP contribution in [0.15, 0.2) is 12.1 Å². The minimum atomic E-state index is 0.776. The molecule has 2 rings (SSSR count). The number of ether oxygens (including phenoxy) is 1. The molecule has 0 aromatic heterocycles. The number of hydrogen-bond donors (Lipinski definition) is 0. The molecule has 0 bridgehead atoms. The molecule has 0 saturated heterocycles. The van der Waals surface area contributed by atoms with E-state index in [1.54, 1.807) is 0 Å². The van der Waals surface area contributed by atoms with Crippen molar-refractivity contribution in [2.24, 2.45) is 0 Å². The molecule has 0 unspecified atom stereocenters. The molecule has 1 aliphatic heterocycles. The van der Waals surface area contributed by atoms with Gasteiger partial charge in [0.05, 0.1) is 13.2 Å². The number of halogens is 2. The lowest BCUT2D eigenvalue weighted by Gasteiger charge is -2.06. The molecule has 0 N–H and O–H groups in total. The molecule has 0 atom stereocenters. The zero-order valence-electron chi connectivity index (χ0n) is 7.15. The van der Waals surface area contributed by atoms with Crippen molar-refractivity contribution in [1.29, 1.82) is 0 Å². The van der Waals surface area contributed by atoms with Crippen LogP contribution in [-0.2, 0) is 28.6 Å². The van der Waals surface area contributed by atoms with Crippen LogP contribution in [0.3, 0.4) is 0 Å². The Balaban J connectivity index is 2.47. The normalized spacial score (nSPS) is 14.6. The average molecular weight is 306 g/mol. The standard InChI is InChI=1S/C10H10Br2O/c11-3-7-1-9-5-13-6-10(9)2-8(7)4-12/h1-2H,3-6H2. The predicted molar refractivity (Wildman–Crippen MR) is 60.2 cm³/mol. The van der Waals surface area contributed by atoms with Crippen molar-refractivity contribution < 1.29 is 4.74 Å². The van der Waals surface area contributed by atoms with E-state index < -0.39 is 0 Å². The van der Waals surface area contributed by atoms with Gasteiger partial charge in [0, 0.05) is 10.7 Å². The highest BCUT2D eigenvalue weighted by atomic mass is 79.9. The topological polar surface area (TPSA) is 9.23 Å². The van der Waals surface area contributed by atoms with E-state index in [2.05, 4.69) is 44.0 Å². The second-order valence-corrected chi connectivity index (χ2v) is 4.27. The van der Waals surface area contributed by atoms with E-state index >= 15 is 0 Å². The molecule has 3 heteroatoms. The van der Waals surface area contributed by atoms with Crippen LogP contribution in [0.2, 0.25) is 0 Å². The fourth-order valence-corrected chi connectivity index (χ4v) is 2.62. The van der Waals surface area contributed by atoms with E-state index in [1.165, 1.54) is 22.3 Å². The molecule has 1 aromatic rings. The van der Waals surface area contributed by atoms with Gasteiger partial charge in [0.25, 0.3) is 0 Å². The van der Waals surface area contributed by atoms with E-state index in [0.717, 1.165) is 23.9 Å². The number of hydrogen-bond acceptors (Lipinski definition) is 1. The van der Waals surface area contributed by atoms with Crippen molar-refractivity contribution in [1.82, 2.24) is 0 Å². The summed E-state index contributed by atoms with van der Waals surface area (Å²) in [7, 11) is 0. The van der Waals surface area contributed by atoms with E-state index in [4.69, 9.17) is 4.74 Å². The first-order valence-corrected chi connectivity index (χ1v) is 6.42. The summed E-state index contributed by atoms with van der Waals surface area (Å²) in [6.45, 7) is 1.55. The zero-order valence-corrected chi connectivity index (χ0v) is 10.3. The molecule has 0 aliphatic carbocycles. The predicted octanol–water partition coefficient (Wildman–Crippen LogP) is 3.51. The summed E-state index contributed by atoms with van der Waals surface area (Å²) in [6.07, 6.45) is 0. The summed E-state index contributed by atoms with van der Waals surface area (Å²) in [5.74, 6) is 0. The molecule has 1 aliphatic rings. The van der Waals surface area contributed by atoms with Crippen LogP contribution in [0.4, 0.5) is 0 Å². The largest absolute Gasteiger partial charge is 0.372 e. The van der Waals surface area contributed by atoms with E-state index in [1.807, 2.05) is 0 Å². The fraction of sp³-hybridized carbons (Fsp3) is 0.400. The maximum atomic E-state index is 5.38. The van der Waals surface area contributed by atoms with Gasteiger partial charge >= 0.3 is 0 Å². The molecule has 13 heavy (non-hydrogen) atoms. The molecular formula is C10H10Br2O. The molecule has 0 spiro atoms. The molecule has 1 nitrogen and oxygen atoms in total. The Morgan fingerprint density at radius 3 is 1.85 bits per heavy atom. The second kappa shape index (κ2) is 4.11. The molecule has 0 fully saturated rings. The van der Waals surface area contributed by atoms with E-state index in [9.17, 15) is 0 Å². The average Bonchev–Trinajstić information content (AvgIpc) is 2.62. The number of alkyl halides is 2. The summed E-state index contributed by atoms with van der Waals surface area (Å²) in [6, 6.07) is 4.49. The Bertz CT molecular complexity index is 292. The fourth-order valence-electron chi connectivity index (χ4n) is 1.58. The lowest BCUT2D eigenvalue weighted by Crippen LogP contribution is -1.92. The molecule has 0 amide bonds. The van der Waals surface area contributed by atoms with Crippen molar-refractivity contribution in [3.63, 3.8) is 0 Å². The first-order chi connectivity index (χ1) is 6.35. The second-order valence-electron chi connectivity index (χ2n) is 3.15.